The van der Waals surface area contributed by atoms with Gasteiger partial charge in [-0.05, 0) is 55.5 Å². The summed E-state index contributed by atoms with van der Waals surface area (Å²) in [5.41, 5.74) is 8.39. The molecule has 0 spiro atoms. The van der Waals surface area contributed by atoms with Gasteiger partial charge < -0.3 is 30.7 Å². The first-order valence-electron chi connectivity index (χ1n) is 17.9. The highest BCUT2D eigenvalue weighted by atomic mass is 32.1. The van der Waals surface area contributed by atoms with Gasteiger partial charge in [0.05, 0.1) is 24.9 Å². The van der Waals surface area contributed by atoms with Gasteiger partial charge in [-0.15, -0.1) is 11.3 Å². The number of likely N-dealkylation sites (tertiary alicyclic amines) is 1. The van der Waals surface area contributed by atoms with Crippen LogP contribution in [0.3, 0.4) is 0 Å². The van der Waals surface area contributed by atoms with Crippen molar-refractivity contribution in [2.75, 3.05) is 57.4 Å². The van der Waals surface area contributed by atoms with Crippen LogP contribution < -0.4 is 26.0 Å². The van der Waals surface area contributed by atoms with Crippen molar-refractivity contribution in [2.24, 2.45) is 5.73 Å². The maximum Gasteiger partial charge on any atom is 0.257 e. The normalized spacial score (nSPS) is 16.7. The predicted molar refractivity (Wildman–Crippen MR) is 199 cm³/mol. The van der Waals surface area contributed by atoms with Gasteiger partial charge in [-0.1, -0.05) is 60.7 Å². The van der Waals surface area contributed by atoms with Crippen LogP contribution in [0.5, 0.6) is 5.75 Å². The fourth-order valence-electron chi connectivity index (χ4n) is 6.94. The standard InChI is InChI=1S/C39H44F2N6O5S/c40-29-16-15-28(30-25-53-39(45-30)46-20-22-51-23-21-46)36(34(29)41)52-24-32(48)43-17-7-8-18-44-38(50)35(47-19-9-14-31(47)37(42)49)33(26-10-3-1-4-11-26)27-12-5-2-6-13-27/h1-6,10-13,15-16,25,31,33,35H,7-9,14,17-24H2,(H2,42,49)(H,43,48)(H,44,50)/t31?,35-/m0/s1. The number of carbonyl (C=O) groups excluding carboxylic acids is 3. The van der Waals surface area contributed by atoms with Crippen molar-refractivity contribution in [1.29, 1.82) is 0 Å². The summed E-state index contributed by atoms with van der Waals surface area (Å²) in [4.78, 5) is 47.8. The summed E-state index contributed by atoms with van der Waals surface area (Å²) < 4.78 is 40.1. The Bertz CT molecular complexity index is 1800. The molecular weight excluding hydrogens is 703 g/mol. The maximum absolute atomic E-state index is 14.9. The van der Waals surface area contributed by atoms with E-state index in [0.717, 1.165) is 28.7 Å². The molecule has 4 N–H and O–H groups in total. The number of nitrogens with zero attached hydrogens (tertiary/aromatic N) is 3. The van der Waals surface area contributed by atoms with Gasteiger partial charge >= 0.3 is 0 Å². The minimum absolute atomic E-state index is 0.210. The number of thiazole rings is 1. The zero-order chi connectivity index (χ0) is 37.2. The highest BCUT2D eigenvalue weighted by Gasteiger charge is 2.42. The van der Waals surface area contributed by atoms with Gasteiger partial charge in [-0.2, -0.15) is 4.39 Å². The first-order chi connectivity index (χ1) is 25.8. The van der Waals surface area contributed by atoms with Crippen LogP contribution in [0.4, 0.5) is 13.9 Å². The molecule has 0 bridgehead atoms. The summed E-state index contributed by atoms with van der Waals surface area (Å²) in [6, 6.07) is 20.7. The smallest absolute Gasteiger partial charge is 0.257 e. The second kappa shape index (κ2) is 18.2. The van der Waals surface area contributed by atoms with Crippen molar-refractivity contribution in [1.82, 2.24) is 20.5 Å². The van der Waals surface area contributed by atoms with Gasteiger partial charge in [-0.3, -0.25) is 19.3 Å². The molecule has 2 aliphatic rings. The Morgan fingerprint density at radius 2 is 1.58 bits per heavy atom. The third-order valence-electron chi connectivity index (χ3n) is 9.55. The number of morpholine rings is 1. The number of carbonyl (C=O) groups is 3. The lowest BCUT2D eigenvalue weighted by Gasteiger charge is -2.36. The number of unbranched alkanes of at least 4 members (excludes halogenated alkanes) is 1. The third kappa shape index (κ3) is 9.36. The predicted octanol–water partition coefficient (Wildman–Crippen LogP) is 4.47. The van der Waals surface area contributed by atoms with E-state index in [-0.39, 0.29) is 29.7 Å². The molecule has 0 aliphatic carbocycles. The van der Waals surface area contributed by atoms with E-state index in [1.165, 1.54) is 17.4 Å². The molecule has 3 aromatic carbocycles. The van der Waals surface area contributed by atoms with Gasteiger partial charge in [0.25, 0.3) is 5.91 Å². The molecule has 14 heteroatoms. The van der Waals surface area contributed by atoms with E-state index in [1.807, 2.05) is 65.6 Å². The molecule has 1 aromatic heterocycles. The Labute approximate surface area is 311 Å². The number of rotatable bonds is 16. The largest absolute Gasteiger partial charge is 0.480 e. The van der Waals surface area contributed by atoms with E-state index >= 15 is 0 Å². The number of primary amides is 1. The molecule has 280 valence electrons. The molecule has 11 nitrogen and oxygen atoms in total. The maximum atomic E-state index is 14.9. The van der Waals surface area contributed by atoms with E-state index in [1.54, 1.807) is 5.38 Å². The fraction of sp³-hybridized carbons (Fsp3) is 0.385. The second-order valence-electron chi connectivity index (χ2n) is 13.0. The monoisotopic (exact) mass is 746 g/mol. The summed E-state index contributed by atoms with van der Waals surface area (Å²) in [5.74, 6) is -4.17. The van der Waals surface area contributed by atoms with Crippen LogP contribution in [-0.4, -0.2) is 92.2 Å². The number of benzene rings is 3. The minimum atomic E-state index is -1.19. The topological polar surface area (TPSA) is 139 Å². The fourth-order valence-corrected chi connectivity index (χ4v) is 7.82. The van der Waals surface area contributed by atoms with E-state index in [2.05, 4.69) is 20.5 Å². The number of hydrogen-bond donors (Lipinski definition) is 3. The van der Waals surface area contributed by atoms with Crippen LogP contribution in [0.15, 0.2) is 78.2 Å². The number of halogens is 2. The summed E-state index contributed by atoms with van der Waals surface area (Å²) in [5, 5.41) is 8.30. The second-order valence-corrected chi connectivity index (χ2v) is 13.9. The number of nitrogens with one attached hydrogen (secondary N) is 2. The van der Waals surface area contributed by atoms with E-state index < -0.39 is 42.1 Å². The van der Waals surface area contributed by atoms with Gasteiger partial charge in [0.2, 0.25) is 17.6 Å². The summed E-state index contributed by atoms with van der Waals surface area (Å²) in [6.07, 6.45) is 2.43. The lowest BCUT2D eigenvalue weighted by atomic mass is 9.83. The SMILES string of the molecule is NC(=O)C1CCCN1[C@H](C(=O)NCCCCNC(=O)COc1c(-c2csc(N3CCOCC3)n2)ccc(F)c1F)C(c1ccccc1)c1ccccc1. The molecule has 0 radical (unpaired) electrons. The molecule has 2 aliphatic heterocycles. The molecule has 2 saturated heterocycles. The van der Waals surface area contributed by atoms with E-state index in [4.69, 9.17) is 15.2 Å². The molecular formula is C39H44F2N6O5S. The zero-order valence-corrected chi connectivity index (χ0v) is 30.2. The van der Waals surface area contributed by atoms with E-state index in [0.29, 0.717) is 64.3 Å². The molecule has 3 amide bonds. The molecule has 4 aromatic rings. The first-order valence-corrected chi connectivity index (χ1v) is 18.8. The summed E-state index contributed by atoms with van der Waals surface area (Å²) in [7, 11) is 0. The Hall–Kier alpha value is -4.92. The zero-order valence-electron chi connectivity index (χ0n) is 29.3. The molecule has 53 heavy (non-hydrogen) atoms. The van der Waals surface area contributed by atoms with Gasteiger partial charge in [0.1, 0.15) is 6.04 Å². The quantitative estimate of drug-likeness (QED) is 0.143. The number of ether oxygens (including phenoxy) is 2. The van der Waals surface area contributed by atoms with Gasteiger partial charge in [0.15, 0.2) is 23.3 Å². The highest BCUT2D eigenvalue weighted by Crippen LogP contribution is 2.37. The minimum Gasteiger partial charge on any atom is -0.480 e. The van der Waals surface area contributed by atoms with Crippen LogP contribution in [0.25, 0.3) is 11.3 Å². The molecule has 1 unspecified atom stereocenters. The van der Waals surface area contributed by atoms with Crippen molar-refractivity contribution in [3.63, 3.8) is 0 Å². The number of amides is 3. The van der Waals surface area contributed by atoms with Crippen molar-refractivity contribution in [2.45, 2.75) is 43.7 Å². The van der Waals surface area contributed by atoms with Gasteiger partial charge in [-0.25, -0.2) is 9.37 Å². The Morgan fingerprint density at radius 1 is 0.925 bits per heavy atom. The average Bonchev–Trinajstić information content (AvgIpc) is 3.88. The molecule has 6 rings (SSSR count). The number of nitrogens with two attached hydrogens (primary N) is 1. The molecule has 0 saturated carbocycles. The van der Waals surface area contributed by atoms with E-state index in [9.17, 15) is 23.2 Å². The Kier molecular flexibility index (Phi) is 13.0. The average molecular weight is 747 g/mol. The van der Waals surface area contributed by atoms with Crippen LogP contribution in [0.1, 0.15) is 42.7 Å². The van der Waals surface area contributed by atoms with Crippen molar-refractivity contribution in [3.05, 3.63) is 101 Å². The summed E-state index contributed by atoms with van der Waals surface area (Å²) >= 11 is 1.38. The molecule has 3 heterocycles. The highest BCUT2D eigenvalue weighted by molar-refractivity contribution is 7.14. The van der Waals surface area contributed by atoms with Crippen molar-refractivity contribution >= 4 is 34.2 Å². The van der Waals surface area contributed by atoms with Gasteiger partial charge in [0, 0.05) is 43.0 Å². The number of hydrogen-bond acceptors (Lipinski definition) is 9. The molecule has 2 atom stereocenters. The van der Waals surface area contributed by atoms with Crippen LogP contribution in [0, 0.1) is 11.6 Å². The summed E-state index contributed by atoms with van der Waals surface area (Å²) in [6.45, 7) is 3.19. The van der Waals surface area contributed by atoms with Crippen LogP contribution >= 0.6 is 11.3 Å². The van der Waals surface area contributed by atoms with Crippen molar-refractivity contribution in [3.8, 4) is 17.0 Å². The van der Waals surface area contributed by atoms with Crippen molar-refractivity contribution < 1.29 is 32.6 Å². The third-order valence-corrected chi connectivity index (χ3v) is 10.5. The number of anilines is 1. The lowest BCUT2D eigenvalue weighted by Crippen LogP contribution is -2.55. The lowest BCUT2D eigenvalue weighted by molar-refractivity contribution is -0.130. The van der Waals surface area contributed by atoms with Crippen LogP contribution in [0.2, 0.25) is 0 Å². The number of aromatic nitrogens is 1. The molecule has 2 fully saturated rings. The first kappa shape index (κ1) is 37.8. The van der Waals surface area contributed by atoms with Crippen LogP contribution in [-0.2, 0) is 19.1 Å². The Balaban J connectivity index is 1.03. The Morgan fingerprint density at radius 3 is 2.25 bits per heavy atom.